The van der Waals surface area contributed by atoms with Crippen molar-refractivity contribution in [1.29, 1.82) is 0 Å². The molecule has 0 bridgehead atoms. The molecular weight excluding hydrogens is 246 g/mol. The fourth-order valence-electron chi connectivity index (χ4n) is 2.37. The topological polar surface area (TPSA) is 35.2 Å². The van der Waals surface area contributed by atoms with Crippen LogP contribution in [-0.4, -0.2) is 6.61 Å². The van der Waals surface area contributed by atoms with Gasteiger partial charge < -0.3 is 10.5 Å². The van der Waals surface area contributed by atoms with Gasteiger partial charge in [-0.2, -0.15) is 0 Å². The Kier molecular flexibility index (Phi) is 4.80. The zero-order valence-electron chi connectivity index (χ0n) is 12.5. The van der Waals surface area contributed by atoms with Crippen molar-refractivity contribution in [2.75, 3.05) is 6.61 Å². The van der Waals surface area contributed by atoms with Gasteiger partial charge in [-0.15, -0.1) is 0 Å². The molecule has 0 aromatic heterocycles. The maximum atomic E-state index is 6.36. The Labute approximate surface area is 121 Å². The van der Waals surface area contributed by atoms with Crippen LogP contribution in [0.5, 0.6) is 5.75 Å². The monoisotopic (exact) mass is 269 g/mol. The van der Waals surface area contributed by atoms with E-state index >= 15 is 0 Å². The zero-order chi connectivity index (χ0) is 14.5. The lowest BCUT2D eigenvalue weighted by Crippen LogP contribution is -2.12. The predicted octanol–water partition coefficient (Wildman–Crippen LogP) is 4.14. The smallest absolute Gasteiger partial charge is 0.119 e. The molecule has 20 heavy (non-hydrogen) atoms. The molecule has 0 fully saturated rings. The van der Waals surface area contributed by atoms with Crippen LogP contribution in [0.25, 0.3) is 0 Å². The number of benzene rings is 2. The van der Waals surface area contributed by atoms with Crippen LogP contribution in [0.1, 0.15) is 41.6 Å². The highest BCUT2D eigenvalue weighted by Crippen LogP contribution is 2.23. The number of rotatable bonds is 5. The van der Waals surface area contributed by atoms with Gasteiger partial charge in [-0.25, -0.2) is 0 Å². The van der Waals surface area contributed by atoms with Crippen LogP contribution in [0.15, 0.2) is 42.5 Å². The van der Waals surface area contributed by atoms with E-state index < -0.39 is 0 Å². The maximum Gasteiger partial charge on any atom is 0.119 e. The highest BCUT2D eigenvalue weighted by atomic mass is 16.5. The van der Waals surface area contributed by atoms with Crippen LogP contribution in [0.4, 0.5) is 0 Å². The van der Waals surface area contributed by atoms with Crippen molar-refractivity contribution in [3.8, 4) is 5.75 Å². The second kappa shape index (κ2) is 6.58. The van der Waals surface area contributed by atoms with Gasteiger partial charge in [0, 0.05) is 0 Å². The van der Waals surface area contributed by atoms with E-state index in [2.05, 4.69) is 39.0 Å². The molecule has 1 atom stereocenters. The Balaban J connectivity index is 2.17. The molecule has 0 spiro atoms. The predicted molar refractivity (Wildman–Crippen MR) is 84.2 cm³/mol. The largest absolute Gasteiger partial charge is 0.494 e. The number of hydrogen-bond acceptors (Lipinski definition) is 2. The molecule has 0 aliphatic heterocycles. The molecule has 0 saturated carbocycles. The van der Waals surface area contributed by atoms with E-state index in [0.29, 0.717) is 0 Å². The van der Waals surface area contributed by atoms with Crippen LogP contribution in [-0.2, 0) is 0 Å². The summed E-state index contributed by atoms with van der Waals surface area (Å²) in [7, 11) is 0. The molecule has 2 aromatic carbocycles. The van der Waals surface area contributed by atoms with E-state index in [1.165, 1.54) is 11.1 Å². The molecule has 0 radical (unpaired) electrons. The van der Waals surface area contributed by atoms with Crippen molar-refractivity contribution in [3.63, 3.8) is 0 Å². The fraction of sp³-hybridized carbons (Fsp3) is 0.333. The van der Waals surface area contributed by atoms with Gasteiger partial charge >= 0.3 is 0 Å². The fourth-order valence-corrected chi connectivity index (χ4v) is 2.37. The molecule has 2 rings (SSSR count). The average Bonchev–Trinajstić information content (AvgIpc) is 2.44. The number of ether oxygens (including phenoxy) is 1. The minimum absolute atomic E-state index is 0.0891. The summed E-state index contributed by atoms with van der Waals surface area (Å²) in [5.74, 6) is 0.906. The van der Waals surface area contributed by atoms with E-state index in [1.807, 2.05) is 24.3 Å². The summed E-state index contributed by atoms with van der Waals surface area (Å²) in [4.78, 5) is 0. The summed E-state index contributed by atoms with van der Waals surface area (Å²) in [5, 5.41) is 0. The van der Waals surface area contributed by atoms with Gasteiger partial charge in [0.25, 0.3) is 0 Å². The highest BCUT2D eigenvalue weighted by molar-refractivity contribution is 5.38. The first kappa shape index (κ1) is 14.6. The lowest BCUT2D eigenvalue weighted by Gasteiger charge is -2.15. The summed E-state index contributed by atoms with van der Waals surface area (Å²) in [5.41, 5.74) is 11.1. The van der Waals surface area contributed by atoms with Gasteiger partial charge in [0.15, 0.2) is 0 Å². The molecule has 0 heterocycles. The first-order chi connectivity index (χ1) is 9.60. The number of aryl methyl sites for hydroxylation is 2. The Bertz CT molecular complexity index is 540. The summed E-state index contributed by atoms with van der Waals surface area (Å²) in [6.45, 7) is 7.06. The van der Waals surface area contributed by atoms with Crippen LogP contribution < -0.4 is 10.5 Å². The summed E-state index contributed by atoms with van der Waals surface area (Å²) in [6, 6.07) is 14.5. The van der Waals surface area contributed by atoms with Gasteiger partial charge in [-0.3, -0.25) is 0 Å². The zero-order valence-corrected chi connectivity index (χ0v) is 12.5. The van der Waals surface area contributed by atoms with Crippen molar-refractivity contribution >= 4 is 0 Å². The third-order valence-electron chi connectivity index (χ3n) is 3.32. The molecule has 1 unspecified atom stereocenters. The third kappa shape index (κ3) is 3.61. The van der Waals surface area contributed by atoms with E-state index in [-0.39, 0.29) is 6.04 Å². The van der Waals surface area contributed by atoms with Crippen LogP contribution in [0.3, 0.4) is 0 Å². The number of hydrogen-bond donors (Lipinski definition) is 1. The van der Waals surface area contributed by atoms with E-state index in [1.54, 1.807) is 0 Å². The van der Waals surface area contributed by atoms with Crippen molar-refractivity contribution in [2.45, 2.75) is 33.2 Å². The lowest BCUT2D eigenvalue weighted by molar-refractivity contribution is 0.317. The summed E-state index contributed by atoms with van der Waals surface area (Å²) in [6.07, 6.45) is 1.02. The molecule has 0 amide bonds. The molecule has 2 N–H and O–H groups in total. The first-order valence-electron chi connectivity index (χ1n) is 7.16. The molecule has 2 nitrogen and oxygen atoms in total. The van der Waals surface area contributed by atoms with Crippen molar-refractivity contribution in [1.82, 2.24) is 0 Å². The lowest BCUT2D eigenvalue weighted by atomic mass is 9.96. The van der Waals surface area contributed by atoms with E-state index in [4.69, 9.17) is 10.5 Å². The Morgan fingerprint density at radius 2 is 1.55 bits per heavy atom. The van der Waals surface area contributed by atoms with Gasteiger partial charge in [0.1, 0.15) is 5.75 Å². The standard InChI is InChI=1S/C18H23NO/c1-4-9-20-17-7-5-15(6-8-17)18(19)16-11-13(2)10-14(3)12-16/h5-8,10-12,18H,4,9,19H2,1-3H3. The minimum atomic E-state index is -0.0891. The van der Waals surface area contributed by atoms with Crippen LogP contribution >= 0.6 is 0 Å². The van der Waals surface area contributed by atoms with Gasteiger partial charge in [0.05, 0.1) is 12.6 Å². The summed E-state index contributed by atoms with van der Waals surface area (Å²) >= 11 is 0. The minimum Gasteiger partial charge on any atom is -0.494 e. The molecule has 0 aliphatic carbocycles. The van der Waals surface area contributed by atoms with Crippen LogP contribution in [0.2, 0.25) is 0 Å². The molecule has 0 saturated heterocycles. The van der Waals surface area contributed by atoms with Gasteiger partial charge in [-0.1, -0.05) is 48.4 Å². The first-order valence-corrected chi connectivity index (χ1v) is 7.16. The Morgan fingerprint density at radius 1 is 0.950 bits per heavy atom. The third-order valence-corrected chi connectivity index (χ3v) is 3.32. The average molecular weight is 269 g/mol. The van der Waals surface area contributed by atoms with E-state index in [9.17, 15) is 0 Å². The quantitative estimate of drug-likeness (QED) is 0.885. The maximum absolute atomic E-state index is 6.36. The van der Waals surface area contributed by atoms with Gasteiger partial charge in [0.2, 0.25) is 0 Å². The molecular formula is C18H23NO. The number of nitrogens with two attached hydrogens (primary N) is 1. The van der Waals surface area contributed by atoms with Crippen LogP contribution in [0, 0.1) is 13.8 Å². The van der Waals surface area contributed by atoms with Crippen molar-refractivity contribution in [3.05, 3.63) is 64.7 Å². The molecule has 0 aliphatic rings. The highest BCUT2D eigenvalue weighted by Gasteiger charge is 2.09. The van der Waals surface area contributed by atoms with Gasteiger partial charge in [-0.05, 0) is 43.5 Å². The Hall–Kier alpha value is -1.80. The molecule has 2 heteroatoms. The summed E-state index contributed by atoms with van der Waals surface area (Å²) < 4.78 is 5.59. The second-order valence-electron chi connectivity index (χ2n) is 5.32. The normalized spacial score (nSPS) is 12.2. The molecule has 106 valence electrons. The Morgan fingerprint density at radius 3 is 2.10 bits per heavy atom. The van der Waals surface area contributed by atoms with Crippen molar-refractivity contribution < 1.29 is 4.74 Å². The second-order valence-corrected chi connectivity index (χ2v) is 5.32. The molecule has 2 aromatic rings. The van der Waals surface area contributed by atoms with Crippen molar-refractivity contribution in [2.24, 2.45) is 5.73 Å². The van der Waals surface area contributed by atoms with E-state index in [0.717, 1.165) is 29.9 Å². The SMILES string of the molecule is CCCOc1ccc(C(N)c2cc(C)cc(C)c2)cc1.